The van der Waals surface area contributed by atoms with Gasteiger partial charge in [0, 0.05) is 12.8 Å². The summed E-state index contributed by atoms with van der Waals surface area (Å²) in [5.41, 5.74) is 6.52. The Morgan fingerprint density at radius 3 is 3.19 bits per heavy atom. The zero-order valence-corrected chi connectivity index (χ0v) is 8.85. The molecule has 0 aromatic carbocycles. The number of nitrogens with zero attached hydrogens (tertiary/aromatic N) is 2. The van der Waals surface area contributed by atoms with Gasteiger partial charge in [-0.3, -0.25) is 0 Å². The number of hydrogen-bond donors (Lipinski definition) is 1. The molecule has 0 spiro atoms. The van der Waals surface area contributed by atoms with Crippen LogP contribution in [-0.2, 0) is 4.74 Å². The molecule has 0 bridgehead atoms. The van der Waals surface area contributed by atoms with E-state index in [1.165, 1.54) is 6.20 Å². The predicted octanol–water partition coefficient (Wildman–Crippen LogP) is 1.09. The third kappa shape index (κ3) is 2.41. The fourth-order valence-electron chi connectivity index (χ4n) is 1.60. The maximum absolute atomic E-state index is 8.65. The van der Waals surface area contributed by atoms with Crippen molar-refractivity contribution in [3.63, 3.8) is 0 Å². The Kier molecular flexibility index (Phi) is 3.22. The summed E-state index contributed by atoms with van der Waals surface area (Å²) in [6.07, 6.45) is 3.67. The maximum atomic E-state index is 8.65. The maximum Gasteiger partial charge on any atom is 0.237 e. The number of pyridine rings is 1. The highest BCUT2D eigenvalue weighted by Crippen LogP contribution is 2.20. The minimum Gasteiger partial charge on any atom is -0.473 e. The lowest BCUT2D eigenvalue weighted by Gasteiger charge is -2.11. The van der Waals surface area contributed by atoms with Gasteiger partial charge in [-0.2, -0.15) is 5.26 Å². The second-order valence-electron chi connectivity index (χ2n) is 3.68. The second-order valence-corrected chi connectivity index (χ2v) is 3.68. The monoisotopic (exact) mass is 219 g/mol. The Labute approximate surface area is 93.8 Å². The molecule has 84 valence electrons. The molecule has 1 aromatic heterocycles. The van der Waals surface area contributed by atoms with Gasteiger partial charge < -0.3 is 15.2 Å². The molecule has 0 aliphatic carbocycles. The van der Waals surface area contributed by atoms with E-state index in [2.05, 4.69) is 4.98 Å². The highest BCUT2D eigenvalue weighted by molar-refractivity contribution is 5.51. The van der Waals surface area contributed by atoms with Gasteiger partial charge >= 0.3 is 0 Å². The van der Waals surface area contributed by atoms with E-state index in [9.17, 15) is 0 Å². The summed E-state index contributed by atoms with van der Waals surface area (Å²) in [6.45, 7) is 1.26. The lowest BCUT2D eigenvalue weighted by molar-refractivity contribution is 0.0666. The van der Waals surface area contributed by atoms with Crippen LogP contribution in [0.25, 0.3) is 0 Å². The molecule has 1 atom stereocenters. The van der Waals surface area contributed by atoms with Crippen molar-refractivity contribution in [2.45, 2.75) is 18.9 Å². The van der Waals surface area contributed by atoms with Crippen molar-refractivity contribution < 1.29 is 9.47 Å². The molecule has 1 unspecified atom stereocenters. The van der Waals surface area contributed by atoms with Crippen LogP contribution in [0.4, 0.5) is 5.69 Å². The highest BCUT2D eigenvalue weighted by Gasteiger charge is 2.16. The molecule has 1 aliphatic heterocycles. The SMILES string of the molecule is N#Cc1cnc(OCC2CCCO2)c(N)c1. The fraction of sp³-hybridized carbons (Fsp3) is 0.455. The number of nitrogens with two attached hydrogens (primary N) is 1. The Balaban J connectivity index is 1.96. The van der Waals surface area contributed by atoms with Gasteiger partial charge in [0.2, 0.25) is 5.88 Å². The van der Waals surface area contributed by atoms with E-state index in [-0.39, 0.29) is 6.10 Å². The number of ether oxygens (including phenoxy) is 2. The van der Waals surface area contributed by atoms with Crippen LogP contribution in [0.5, 0.6) is 5.88 Å². The molecule has 0 amide bonds. The van der Waals surface area contributed by atoms with E-state index in [1.54, 1.807) is 6.07 Å². The summed E-state index contributed by atoms with van der Waals surface area (Å²) >= 11 is 0. The van der Waals surface area contributed by atoms with E-state index >= 15 is 0 Å². The topological polar surface area (TPSA) is 81.2 Å². The summed E-state index contributed by atoms with van der Waals surface area (Å²) in [6, 6.07) is 3.52. The van der Waals surface area contributed by atoms with Gasteiger partial charge in [-0.15, -0.1) is 0 Å². The van der Waals surface area contributed by atoms with Crippen LogP contribution < -0.4 is 10.5 Å². The van der Waals surface area contributed by atoms with Gasteiger partial charge in [0.15, 0.2) is 0 Å². The molecule has 0 radical (unpaired) electrons. The van der Waals surface area contributed by atoms with Crippen molar-refractivity contribution >= 4 is 5.69 Å². The number of nitriles is 1. The number of rotatable bonds is 3. The van der Waals surface area contributed by atoms with Crippen molar-refractivity contribution in [1.29, 1.82) is 5.26 Å². The van der Waals surface area contributed by atoms with E-state index in [1.807, 2.05) is 6.07 Å². The van der Waals surface area contributed by atoms with Crippen molar-refractivity contribution in [1.82, 2.24) is 4.98 Å². The van der Waals surface area contributed by atoms with Crippen LogP contribution >= 0.6 is 0 Å². The smallest absolute Gasteiger partial charge is 0.237 e. The van der Waals surface area contributed by atoms with Crippen LogP contribution in [0.1, 0.15) is 18.4 Å². The van der Waals surface area contributed by atoms with Crippen LogP contribution in [-0.4, -0.2) is 24.3 Å². The summed E-state index contributed by atoms with van der Waals surface area (Å²) in [5.74, 6) is 0.370. The zero-order valence-electron chi connectivity index (χ0n) is 8.85. The molecule has 16 heavy (non-hydrogen) atoms. The van der Waals surface area contributed by atoms with E-state index < -0.39 is 0 Å². The average Bonchev–Trinajstić information content (AvgIpc) is 2.80. The first-order chi connectivity index (χ1) is 7.79. The normalized spacial score (nSPS) is 19.3. The molecule has 5 nitrogen and oxygen atoms in total. The van der Waals surface area contributed by atoms with Gasteiger partial charge in [-0.1, -0.05) is 0 Å². The molecular formula is C11H13N3O2. The molecule has 5 heteroatoms. The first-order valence-corrected chi connectivity index (χ1v) is 5.19. The van der Waals surface area contributed by atoms with Crippen molar-refractivity contribution in [2.24, 2.45) is 0 Å². The highest BCUT2D eigenvalue weighted by atomic mass is 16.5. The number of anilines is 1. The Morgan fingerprint density at radius 2 is 2.56 bits per heavy atom. The van der Waals surface area contributed by atoms with Gasteiger partial charge in [0.25, 0.3) is 0 Å². The lowest BCUT2D eigenvalue weighted by atomic mass is 10.2. The third-order valence-corrected chi connectivity index (χ3v) is 2.44. The first kappa shape index (κ1) is 10.7. The Bertz CT molecular complexity index is 408. The summed E-state index contributed by atoms with van der Waals surface area (Å²) in [5, 5.41) is 8.65. The quantitative estimate of drug-likeness (QED) is 0.823. The number of nitrogen functional groups attached to an aromatic ring is 1. The van der Waals surface area contributed by atoms with Gasteiger partial charge in [0.05, 0.1) is 17.4 Å². The summed E-state index contributed by atoms with van der Waals surface area (Å²) in [4.78, 5) is 3.98. The minimum atomic E-state index is 0.136. The van der Waals surface area contributed by atoms with Crippen LogP contribution in [0.2, 0.25) is 0 Å². The average molecular weight is 219 g/mol. The number of aromatic nitrogens is 1. The molecule has 1 aliphatic rings. The van der Waals surface area contributed by atoms with Gasteiger partial charge in [-0.05, 0) is 18.9 Å². The van der Waals surface area contributed by atoms with E-state index in [0.29, 0.717) is 23.7 Å². The molecule has 1 aromatic rings. The van der Waals surface area contributed by atoms with Gasteiger partial charge in [0.1, 0.15) is 12.7 Å². The number of hydrogen-bond acceptors (Lipinski definition) is 5. The lowest BCUT2D eigenvalue weighted by Crippen LogP contribution is -2.17. The van der Waals surface area contributed by atoms with E-state index in [4.69, 9.17) is 20.5 Å². The van der Waals surface area contributed by atoms with Crippen LogP contribution in [0.3, 0.4) is 0 Å². The van der Waals surface area contributed by atoms with Crippen molar-refractivity contribution in [3.05, 3.63) is 17.8 Å². The van der Waals surface area contributed by atoms with Crippen molar-refractivity contribution in [2.75, 3.05) is 18.9 Å². The Hall–Kier alpha value is -1.80. The zero-order chi connectivity index (χ0) is 11.4. The second kappa shape index (κ2) is 4.81. The van der Waals surface area contributed by atoms with Crippen LogP contribution in [0, 0.1) is 11.3 Å². The predicted molar refractivity (Wildman–Crippen MR) is 57.8 cm³/mol. The fourth-order valence-corrected chi connectivity index (χ4v) is 1.60. The third-order valence-electron chi connectivity index (χ3n) is 2.44. The largest absolute Gasteiger partial charge is 0.473 e. The standard InChI is InChI=1S/C11H13N3O2/c12-5-8-4-10(13)11(14-6-8)16-7-9-2-1-3-15-9/h4,6,9H,1-3,7,13H2. The molecule has 2 rings (SSSR count). The summed E-state index contributed by atoms with van der Waals surface area (Å²) in [7, 11) is 0. The first-order valence-electron chi connectivity index (χ1n) is 5.19. The minimum absolute atomic E-state index is 0.136. The molecule has 0 saturated carbocycles. The molecule has 2 N–H and O–H groups in total. The molecule has 1 fully saturated rings. The van der Waals surface area contributed by atoms with Gasteiger partial charge in [-0.25, -0.2) is 4.98 Å². The summed E-state index contributed by atoms with van der Waals surface area (Å²) < 4.78 is 10.9. The Morgan fingerprint density at radius 1 is 1.69 bits per heavy atom. The van der Waals surface area contributed by atoms with Crippen LogP contribution in [0.15, 0.2) is 12.3 Å². The van der Waals surface area contributed by atoms with Crippen molar-refractivity contribution in [3.8, 4) is 11.9 Å². The molecular weight excluding hydrogens is 206 g/mol. The molecule has 2 heterocycles. The molecule has 1 saturated heterocycles. The van der Waals surface area contributed by atoms with E-state index in [0.717, 1.165) is 19.4 Å².